The van der Waals surface area contributed by atoms with Gasteiger partial charge in [-0.05, 0) is 0 Å². The number of allylic oxidation sites excluding steroid dienone is 1. The van der Waals surface area contributed by atoms with Crippen LogP contribution in [0.15, 0.2) is 9.19 Å². The molecule has 0 aromatic rings. The minimum absolute atomic E-state index is 0.268. The van der Waals surface area contributed by atoms with Crippen LogP contribution >= 0.6 is 0 Å². The monoisotopic (exact) mass is 357 g/mol. The maximum absolute atomic E-state index is 12.5. The zero-order chi connectivity index (χ0) is 13.2. The maximum atomic E-state index is 12.5. The number of hydrogen-bond donors (Lipinski definition) is 2. The number of rotatable bonds is 2. The Morgan fingerprint density at radius 1 is 1.35 bits per heavy atom. The fraction of sp³-hybridized carbons (Fsp3) is 0.727. The summed E-state index contributed by atoms with van der Waals surface area (Å²) in [5, 5.41) is 12.8. The van der Waals surface area contributed by atoms with Crippen molar-refractivity contribution in [3.05, 3.63) is 9.19 Å². The molecule has 2 aliphatic heterocycles. The molecule has 0 saturated carbocycles. The summed E-state index contributed by atoms with van der Waals surface area (Å²) in [7, 11) is 0. The first-order valence-electron chi connectivity index (χ1n) is 5.60. The Morgan fingerprint density at radius 3 is 2.24 bits per heavy atom. The summed E-state index contributed by atoms with van der Waals surface area (Å²) in [6.45, 7) is 6.71. The second-order valence-corrected chi connectivity index (χ2v) is 11.7. The Hall–Kier alpha value is -0.440. The van der Waals surface area contributed by atoms with Crippen LogP contribution in [0.1, 0.15) is 27.7 Å². The molecule has 1 saturated heterocycles. The van der Waals surface area contributed by atoms with E-state index in [1.165, 1.54) is 0 Å². The van der Waals surface area contributed by atoms with E-state index < -0.39 is 39.7 Å². The standard InChI is InChI=1S/C11H17NO4Te/c1-5(2)9(13)11-8(12-10(11)14)6(3)7(4)17(11,15)16/h5,8-9,13H,1-4H3,(H,12,14)/t8-,9-,11-/m0/s1. The fourth-order valence-corrected chi connectivity index (χ4v) is 9.84. The minimum atomic E-state index is -5.01. The van der Waals surface area contributed by atoms with Gasteiger partial charge in [0, 0.05) is 0 Å². The summed E-state index contributed by atoms with van der Waals surface area (Å²) in [5.41, 5.74) is 0.676. The van der Waals surface area contributed by atoms with Gasteiger partial charge in [-0.3, -0.25) is 0 Å². The van der Waals surface area contributed by atoms with Crippen molar-refractivity contribution in [3.63, 3.8) is 0 Å². The zero-order valence-corrected chi connectivity index (χ0v) is 12.6. The molecule has 0 aromatic heterocycles. The summed E-state index contributed by atoms with van der Waals surface area (Å²) < 4.78 is 23.7. The van der Waals surface area contributed by atoms with Crippen LogP contribution in [0.4, 0.5) is 0 Å². The molecule has 2 heterocycles. The SMILES string of the molecule is CC1=C(C)[Te](=O)(=O)[C@@]2([C@@H](O)C(C)C)C(=O)N[C@@H]12. The third-order valence-corrected chi connectivity index (χ3v) is 11.6. The molecule has 2 N–H and O–H groups in total. The van der Waals surface area contributed by atoms with Crippen molar-refractivity contribution in [2.45, 2.75) is 43.3 Å². The number of β-lactam (4-membered cyclic amide) rings is 1. The molecule has 1 fully saturated rings. The predicted octanol–water partition coefficient (Wildman–Crippen LogP) is 0.434. The van der Waals surface area contributed by atoms with Crippen LogP contribution in [0, 0.1) is 5.92 Å². The molecule has 96 valence electrons. The van der Waals surface area contributed by atoms with Crippen molar-refractivity contribution in [1.82, 2.24) is 5.32 Å². The van der Waals surface area contributed by atoms with Crippen molar-refractivity contribution in [2.75, 3.05) is 0 Å². The molecule has 2 rings (SSSR count). The summed E-state index contributed by atoms with van der Waals surface area (Å²) in [6, 6.07) is -0.524. The van der Waals surface area contributed by atoms with Crippen LogP contribution in [0.2, 0.25) is 3.46 Å². The number of nitrogens with one attached hydrogen (secondary N) is 1. The van der Waals surface area contributed by atoms with Gasteiger partial charge in [0.2, 0.25) is 0 Å². The van der Waals surface area contributed by atoms with E-state index in [1.54, 1.807) is 27.7 Å². The molecular formula is C11H17NO4Te. The van der Waals surface area contributed by atoms with Gasteiger partial charge in [-0.2, -0.15) is 0 Å². The van der Waals surface area contributed by atoms with Crippen LogP contribution in [0.25, 0.3) is 0 Å². The summed E-state index contributed by atoms with van der Waals surface area (Å²) in [6.07, 6.45) is -1.13. The molecule has 0 unspecified atom stereocenters. The molecule has 5 nitrogen and oxygen atoms in total. The van der Waals surface area contributed by atoms with Gasteiger partial charge in [0.05, 0.1) is 0 Å². The van der Waals surface area contributed by atoms with Crippen molar-refractivity contribution in [1.29, 1.82) is 0 Å². The predicted molar refractivity (Wildman–Crippen MR) is 61.0 cm³/mol. The van der Waals surface area contributed by atoms with Gasteiger partial charge in [0.25, 0.3) is 0 Å². The molecule has 6 heteroatoms. The van der Waals surface area contributed by atoms with E-state index in [2.05, 4.69) is 5.32 Å². The van der Waals surface area contributed by atoms with Crippen molar-refractivity contribution in [2.24, 2.45) is 5.92 Å². The number of fused-ring (bicyclic) bond motifs is 1. The average Bonchev–Trinajstić information content (AvgIpc) is 2.33. The number of aliphatic hydroxyl groups excluding tert-OH is 1. The first-order chi connectivity index (χ1) is 7.69. The van der Waals surface area contributed by atoms with Crippen molar-refractivity contribution in [3.8, 4) is 0 Å². The van der Waals surface area contributed by atoms with Gasteiger partial charge in [0.15, 0.2) is 0 Å². The van der Waals surface area contributed by atoms with Crippen molar-refractivity contribution >= 4 is 24.1 Å². The van der Waals surface area contributed by atoms with E-state index in [0.717, 1.165) is 0 Å². The van der Waals surface area contributed by atoms with Crippen LogP contribution in [0.5, 0.6) is 0 Å². The van der Waals surface area contributed by atoms with Crippen LogP contribution in [-0.2, 0) is 11.0 Å². The second-order valence-electron chi connectivity index (χ2n) is 5.13. The van der Waals surface area contributed by atoms with Gasteiger partial charge in [-0.1, -0.05) is 0 Å². The topological polar surface area (TPSA) is 83.5 Å². The Balaban J connectivity index is 2.65. The Morgan fingerprint density at radius 2 is 1.88 bits per heavy atom. The Bertz CT molecular complexity index is 520. The number of aliphatic hydroxyl groups is 1. The molecule has 1 amide bonds. The number of carbonyl (C=O) groups is 1. The fourth-order valence-electron chi connectivity index (χ4n) is 2.74. The first-order valence-corrected chi connectivity index (χ1v) is 9.83. The van der Waals surface area contributed by atoms with Crippen LogP contribution in [-0.4, -0.2) is 41.3 Å². The molecule has 0 bridgehead atoms. The molecule has 0 aromatic carbocycles. The molecule has 0 aliphatic carbocycles. The Kier molecular flexibility index (Phi) is 2.70. The Labute approximate surface area is 104 Å². The summed E-state index contributed by atoms with van der Waals surface area (Å²) in [5.74, 6) is -0.804. The van der Waals surface area contributed by atoms with Crippen LogP contribution in [0.3, 0.4) is 0 Å². The molecule has 0 radical (unpaired) electrons. The molecular weight excluding hydrogens is 338 g/mol. The normalized spacial score (nSPS) is 36.6. The first kappa shape index (κ1) is 13.0. The van der Waals surface area contributed by atoms with E-state index in [1.807, 2.05) is 0 Å². The quantitative estimate of drug-likeness (QED) is 0.556. The van der Waals surface area contributed by atoms with E-state index in [-0.39, 0.29) is 5.92 Å². The zero-order valence-electron chi connectivity index (χ0n) is 10.3. The molecule has 3 atom stereocenters. The second kappa shape index (κ2) is 3.53. The van der Waals surface area contributed by atoms with E-state index in [9.17, 15) is 16.1 Å². The number of carbonyl (C=O) groups excluding carboxylic acids is 1. The number of hydrogen-bond acceptors (Lipinski definition) is 4. The molecule has 17 heavy (non-hydrogen) atoms. The molecule has 0 spiro atoms. The van der Waals surface area contributed by atoms with E-state index in [4.69, 9.17) is 0 Å². The summed E-state index contributed by atoms with van der Waals surface area (Å²) >= 11 is -5.01. The van der Waals surface area contributed by atoms with Crippen LogP contribution < -0.4 is 5.32 Å². The van der Waals surface area contributed by atoms with Gasteiger partial charge < -0.3 is 0 Å². The molecule has 2 aliphatic rings. The van der Waals surface area contributed by atoms with Gasteiger partial charge in [-0.25, -0.2) is 0 Å². The third kappa shape index (κ3) is 1.21. The average molecular weight is 355 g/mol. The van der Waals surface area contributed by atoms with E-state index in [0.29, 0.717) is 9.19 Å². The van der Waals surface area contributed by atoms with E-state index >= 15 is 0 Å². The summed E-state index contributed by atoms with van der Waals surface area (Å²) in [4.78, 5) is 11.8. The van der Waals surface area contributed by atoms with Crippen molar-refractivity contribution < 1.29 is 16.1 Å². The third-order valence-electron chi connectivity index (χ3n) is 3.97. The number of amides is 1. The van der Waals surface area contributed by atoms with Gasteiger partial charge in [-0.15, -0.1) is 0 Å². The van der Waals surface area contributed by atoms with Gasteiger partial charge in [0.1, 0.15) is 0 Å². The van der Waals surface area contributed by atoms with Gasteiger partial charge >= 0.3 is 104 Å².